The largest absolute Gasteiger partial charge is 0.464 e. The smallest absolute Gasteiger partial charge is 0.328 e. The van der Waals surface area contributed by atoms with Crippen molar-refractivity contribution in [1.82, 2.24) is 0 Å². The van der Waals surface area contributed by atoms with E-state index in [4.69, 9.17) is 4.74 Å². The highest BCUT2D eigenvalue weighted by atomic mass is 16.5. The van der Waals surface area contributed by atoms with E-state index in [2.05, 4.69) is 38.2 Å². The van der Waals surface area contributed by atoms with Gasteiger partial charge in [0.05, 0.1) is 6.61 Å². The van der Waals surface area contributed by atoms with E-state index in [0.717, 1.165) is 18.5 Å². The summed E-state index contributed by atoms with van der Waals surface area (Å²) in [6.07, 6.45) is 1.73. The zero-order valence-corrected chi connectivity index (χ0v) is 12.4. The van der Waals surface area contributed by atoms with Gasteiger partial charge in [-0.2, -0.15) is 0 Å². The second-order valence-corrected chi connectivity index (χ2v) is 5.01. The van der Waals surface area contributed by atoms with Crippen molar-refractivity contribution in [2.24, 2.45) is 0 Å². The molecular formula is C16H25NO2. The van der Waals surface area contributed by atoms with Gasteiger partial charge in [0.25, 0.3) is 0 Å². The highest BCUT2D eigenvalue weighted by molar-refractivity contribution is 5.79. The van der Waals surface area contributed by atoms with Crippen molar-refractivity contribution in [3.8, 4) is 0 Å². The summed E-state index contributed by atoms with van der Waals surface area (Å²) in [5, 5.41) is 3.26. The molecule has 1 atom stereocenters. The van der Waals surface area contributed by atoms with Gasteiger partial charge in [-0.3, -0.25) is 0 Å². The molecule has 3 heteroatoms. The van der Waals surface area contributed by atoms with E-state index in [1.54, 1.807) is 0 Å². The van der Waals surface area contributed by atoms with Crippen molar-refractivity contribution in [2.45, 2.75) is 52.5 Å². The molecule has 0 saturated heterocycles. The number of rotatable bonds is 7. The van der Waals surface area contributed by atoms with E-state index in [9.17, 15) is 4.79 Å². The average Bonchev–Trinajstić information content (AvgIpc) is 2.39. The van der Waals surface area contributed by atoms with Gasteiger partial charge in [0.15, 0.2) is 0 Å². The Kier molecular flexibility index (Phi) is 6.40. The maximum Gasteiger partial charge on any atom is 0.328 e. The van der Waals surface area contributed by atoms with Crippen LogP contribution >= 0.6 is 0 Å². The van der Waals surface area contributed by atoms with Crippen molar-refractivity contribution >= 4 is 11.7 Å². The second-order valence-electron chi connectivity index (χ2n) is 5.01. The third-order valence-electron chi connectivity index (χ3n) is 3.07. The molecule has 1 aromatic carbocycles. The van der Waals surface area contributed by atoms with Gasteiger partial charge < -0.3 is 10.1 Å². The molecule has 0 saturated carbocycles. The lowest BCUT2D eigenvalue weighted by molar-refractivity contribution is -0.144. The Hall–Kier alpha value is -1.51. The number of benzene rings is 1. The van der Waals surface area contributed by atoms with Gasteiger partial charge in [0.1, 0.15) is 6.04 Å². The maximum absolute atomic E-state index is 11.8. The van der Waals surface area contributed by atoms with Crippen LogP contribution < -0.4 is 5.32 Å². The number of nitrogens with one attached hydrogen (secondary N) is 1. The number of esters is 1. The number of carbonyl (C=O) groups is 1. The summed E-state index contributed by atoms with van der Waals surface area (Å²) >= 11 is 0. The molecule has 19 heavy (non-hydrogen) atoms. The molecule has 0 aliphatic carbocycles. The predicted molar refractivity (Wildman–Crippen MR) is 79.5 cm³/mol. The van der Waals surface area contributed by atoms with Crippen LogP contribution in [0.2, 0.25) is 0 Å². The van der Waals surface area contributed by atoms with E-state index in [1.165, 1.54) is 5.56 Å². The molecule has 1 N–H and O–H groups in total. The molecule has 0 heterocycles. The Labute approximate surface area is 116 Å². The van der Waals surface area contributed by atoms with Crippen LogP contribution in [0.3, 0.4) is 0 Å². The fraction of sp³-hybridized carbons (Fsp3) is 0.562. The Morgan fingerprint density at radius 1 is 1.21 bits per heavy atom. The lowest BCUT2D eigenvalue weighted by Crippen LogP contribution is -2.31. The van der Waals surface area contributed by atoms with Crippen LogP contribution in [0, 0.1) is 0 Å². The molecule has 0 aliphatic heterocycles. The molecular weight excluding hydrogens is 238 g/mol. The van der Waals surface area contributed by atoms with E-state index in [1.807, 2.05) is 19.1 Å². The zero-order valence-electron chi connectivity index (χ0n) is 12.4. The monoisotopic (exact) mass is 263 g/mol. The first-order valence-corrected chi connectivity index (χ1v) is 7.11. The van der Waals surface area contributed by atoms with Gasteiger partial charge in [-0.15, -0.1) is 0 Å². The number of carbonyl (C=O) groups excluding carboxylic acids is 1. The molecule has 106 valence electrons. The van der Waals surface area contributed by atoms with E-state index in [-0.39, 0.29) is 12.0 Å². The summed E-state index contributed by atoms with van der Waals surface area (Å²) in [5.74, 6) is 0.350. The lowest BCUT2D eigenvalue weighted by Gasteiger charge is -2.18. The summed E-state index contributed by atoms with van der Waals surface area (Å²) in [7, 11) is 0. The van der Waals surface area contributed by atoms with Crippen molar-refractivity contribution in [1.29, 1.82) is 0 Å². The van der Waals surface area contributed by atoms with Crippen LogP contribution in [0.1, 0.15) is 52.0 Å². The first-order valence-electron chi connectivity index (χ1n) is 7.11. The predicted octanol–water partition coefficient (Wildman–Crippen LogP) is 3.95. The quantitative estimate of drug-likeness (QED) is 0.757. The SMILES string of the molecule is CCCC(Nc1ccc(C(C)C)cc1)C(=O)OCC. The molecule has 0 bridgehead atoms. The van der Waals surface area contributed by atoms with E-state index in [0.29, 0.717) is 12.5 Å². The van der Waals surface area contributed by atoms with Gasteiger partial charge in [-0.05, 0) is 37.0 Å². The standard InChI is InChI=1S/C16H25NO2/c1-5-7-15(16(18)19-6-2)17-14-10-8-13(9-11-14)12(3)4/h8-12,15,17H,5-7H2,1-4H3. The highest BCUT2D eigenvalue weighted by Gasteiger charge is 2.18. The molecule has 1 rings (SSSR count). The third kappa shape index (κ3) is 4.93. The normalized spacial score (nSPS) is 12.3. The molecule has 0 aromatic heterocycles. The number of hydrogen-bond acceptors (Lipinski definition) is 3. The zero-order chi connectivity index (χ0) is 14.3. The lowest BCUT2D eigenvalue weighted by atomic mass is 10.0. The first kappa shape index (κ1) is 15.5. The maximum atomic E-state index is 11.8. The third-order valence-corrected chi connectivity index (χ3v) is 3.07. The summed E-state index contributed by atoms with van der Waals surface area (Å²) in [6, 6.07) is 7.99. The minimum absolute atomic E-state index is 0.169. The van der Waals surface area contributed by atoms with Crippen molar-refractivity contribution in [3.63, 3.8) is 0 Å². The Bertz CT molecular complexity index is 384. The van der Waals surface area contributed by atoms with Crippen LogP contribution in [-0.4, -0.2) is 18.6 Å². The Morgan fingerprint density at radius 2 is 1.84 bits per heavy atom. The molecule has 1 unspecified atom stereocenters. The Balaban J connectivity index is 2.70. The minimum Gasteiger partial charge on any atom is -0.464 e. The molecule has 0 radical (unpaired) electrons. The summed E-state index contributed by atoms with van der Waals surface area (Å²) in [4.78, 5) is 11.8. The summed E-state index contributed by atoms with van der Waals surface area (Å²) in [6.45, 7) is 8.66. The first-order chi connectivity index (χ1) is 9.08. The molecule has 3 nitrogen and oxygen atoms in total. The van der Waals surface area contributed by atoms with Crippen LogP contribution in [0.5, 0.6) is 0 Å². The van der Waals surface area contributed by atoms with Gasteiger partial charge in [-0.25, -0.2) is 4.79 Å². The van der Waals surface area contributed by atoms with Crippen LogP contribution in [0.25, 0.3) is 0 Å². The van der Waals surface area contributed by atoms with Gasteiger partial charge in [-0.1, -0.05) is 39.3 Å². The fourth-order valence-electron chi connectivity index (χ4n) is 1.95. The second kappa shape index (κ2) is 7.82. The van der Waals surface area contributed by atoms with Crippen molar-refractivity contribution in [2.75, 3.05) is 11.9 Å². The summed E-state index contributed by atoms with van der Waals surface area (Å²) < 4.78 is 5.09. The molecule has 0 fully saturated rings. The fourth-order valence-corrected chi connectivity index (χ4v) is 1.95. The highest BCUT2D eigenvalue weighted by Crippen LogP contribution is 2.18. The van der Waals surface area contributed by atoms with Gasteiger partial charge in [0.2, 0.25) is 0 Å². The number of hydrogen-bond donors (Lipinski definition) is 1. The molecule has 0 aliphatic rings. The molecule has 0 spiro atoms. The number of ether oxygens (including phenoxy) is 1. The van der Waals surface area contributed by atoms with E-state index >= 15 is 0 Å². The van der Waals surface area contributed by atoms with Crippen molar-refractivity contribution in [3.05, 3.63) is 29.8 Å². The van der Waals surface area contributed by atoms with Gasteiger partial charge >= 0.3 is 5.97 Å². The number of anilines is 1. The Morgan fingerprint density at radius 3 is 2.32 bits per heavy atom. The topological polar surface area (TPSA) is 38.3 Å². The van der Waals surface area contributed by atoms with Crippen LogP contribution in [0.15, 0.2) is 24.3 Å². The minimum atomic E-state index is -0.255. The average molecular weight is 263 g/mol. The van der Waals surface area contributed by atoms with Crippen LogP contribution in [-0.2, 0) is 9.53 Å². The van der Waals surface area contributed by atoms with Crippen LogP contribution in [0.4, 0.5) is 5.69 Å². The van der Waals surface area contributed by atoms with Gasteiger partial charge in [0, 0.05) is 5.69 Å². The summed E-state index contributed by atoms with van der Waals surface area (Å²) in [5.41, 5.74) is 2.27. The van der Waals surface area contributed by atoms with E-state index < -0.39 is 0 Å². The molecule has 1 aromatic rings. The van der Waals surface area contributed by atoms with Crippen molar-refractivity contribution < 1.29 is 9.53 Å². The molecule has 0 amide bonds.